The van der Waals surface area contributed by atoms with Gasteiger partial charge in [-0.1, -0.05) is 42.1 Å². The number of benzene rings is 3. The maximum absolute atomic E-state index is 14.2. The number of nitrogens with zero attached hydrogens (tertiary/aromatic N) is 4. The molecule has 2 amide bonds. The summed E-state index contributed by atoms with van der Waals surface area (Å²) in [6.07, 6.45) is 0. The highest BCUT2D eigenvalue weighted by molar-refractivity contribution is 8.19. The molecule has 3 aromatic carbocycles. The summed E-state index contributed by atoms with van der Waals surface area (Å²) in [5, 5.41) is 7.73. The molecule has 12 heteroatoms. The van der Waals surface area contributed by atoms with Crippen molar-refractivity contribution in [3.8, 4) is 5.75 Å². The topological polar surface area (TPSA) is 98.7 Å². The van der Waals surface area contributed by atoms with Gasteiger partial charge in [0.05, 0.1) is 41.8 Å². The van der Waals surface area contributed by atoms with Crippen LogP contribution in [0.2, 0.25) is 0 Å². The van der Waals surface area contributed by atoms with Gasteiger partial charge in [0.2, 0.25) is 5.91 Å². The number of aliphatic imine (C=N–C) groups is 1. The monoisotopic (exact) mass is 646 g/mol. The van der Waals surface area contributed by atoms with E-state index < -0.39 is 0 Å². The fourth-order valence-electron chi connectivity index (χ4n) is 4.81. The summed E-state index contributed by atoms with van der Waals surface area (Å²) in [6.45, 7) is 4.30. The molecule has 0 unspecified atom stereocenters. The molecule has 1 saturated heterocycles. The van der Waals surface area contributed by atoms with Crippen LogP contribution in [0.15, 0.2) is 86.6 Å². The van der Waals surface area contributed by atoms with E-state index in [0.717, 1.165) is 32.6 Å². The van der Waals surface area contributed by atoms with E-state index in [2.05, 4.69) is 10.6 Å². The lowest BCUT2D eigenvalue weighted by atomic mass is 10.2. The van der Waals surface area contributed by atoms with Crippen LogP contribution >= 0.6 is 23.5 Å². The van der Waals surface area contributed by atoms with Gasteiger partial charge in [0.15, 0.2) is 5.17 Å². The van der Waals surface area contributed by atoms with Gasteiger partial charge in [0.25, 0.3) is 5.91 Å². The molecule has 0 aromatic heterocycles. The fourth-order valence-corrected chi connectivity index (χ4v) is 7.13. The van der Waals surface area contributed by atoms with E-state index in [1.54, 1.807) is 23.8 Å². The van der Waals surface area contributed by atoms with Crippen LogP contribution in [0.1, 0.15) is 12.5 Å². The van der Waals surface area contributed by atoms with Crippen molar-refractivity contribution in [1.82, 2.24) is 9.80 Å². The Hall–Kier alpha value is -3.97. The number of amidine groups is 1. The molecule has 2 N–H and O–H groups in total. The normalized spacial score (nSPS) is 16.9. The van der Waals surface area contributed by atoms with Gasteiger partial charge in [-0.3, -0.25) is 14.5 Å². The van der Waals surface area contributed by atoms with Crippen LogP contribution in [0.5, 0.6) is 5.75 Å². The third-order valence-corrected chi connectivity index (χ3v) is 9.36. The number of anilines is 3. The number of hydrogen-bond acceptors (Lipinski definition) is 10. The van der Waals surface area contributed by atoms with E-state index in [9.17, 15) is 9.59 Å². The maximum Gasteiger partial charge on any atom is 0.269 e. The van der Waals surface area contributed by atoms with E-state index in [1.807, 2.05) is 105 Å². The van der Waals surface area contributed by atoms with Gasteiger partial charge < -0.3 is 29.9 Å². The Bertz CT molecular complexity index is 1610. The van der Waals surface area contributed by atoms with Crippen molar-refractivity contribution in [3.63, 3.8) is 0 Å². The molecule has 2 aliphatic heterocycles. The second-order valence-electron chi connectivity index (χ2n) is 10.7. The van der Waals surface area contributed by atoms with Crippen molar-refractivity contribution in [1.29, 1.82) is 0 Å². The first-order chi connectivity index (χ1) is 21.8. The standard InChI is InChI=1S/C33H38N6O4S2/c1-6-34-25-14-12-23(35-29(40)21-37(2)3)18-26(25)36-33-39(20-22-10-8-7-9-11-22)31(41)30(45-33)32-38(4)27-19-24(43-17-16-42-5)13-15-28(27)44-32/h7-15,18-19,34H,6,16-17,20-21H2,1-5H3,(H,35,40). The molecular formula is C33H38N6O4S2. The molecule has 0 spiro atoms. The zero-order chi connectivity index (χ0) is 31.9. The minimum atomic E-state index is -0.119. The van der Waals surface area contributed by atoms with Crippen LogP contribution in [0.4, 0.5) is 22.7 Å². The van der Waals surface area contributed by atoms with Crippen LogP contribution in [0, 0.1) is 0 Å². The molecular weight excluding hydrogens is 609 g/mol. The predicted octanol–water partition coefficient (Wildman–Crippen LogP) is 5.82. The van der Waals surface area contributed by atoms with Gasteiger partial charge in [-0.15, -0.1) is 0 Å². The number of methoxy groups -OCH3 is 1. The molecule has 2 heterocycles. The number of amides is 2. The van der Waals surface area contributed by atoms with Crippen molar-refractivity contribution in [3.05, 3.63) is 82.2 Å². The number of carbonyl (C=O) groups excluding carboxylic acids is 2. The predicted molar refractivity (Wildman–Crippen MR) is 185 cm³/mol. The zero-order valence-electron chi connectivity index (χ0n) is 26.1. The first kappa shape index (κ1) is 32.4. The Labute approximate surface area is 272 Å². The average Bonchev–Trinajstić information content (AvgIpc) is 3.49. The van der Waals surface area contributed by atoms with Crippen LogP contribution < -0.4 is 20.3 Å². The molecule has 0 bridgehead atoms. The third-order valence-electron chi connectivity index (χ3n) is 6.93. The maximum atomic E-state index is 14.2. The van der Waals surface area contributed by atoms with Crippen molar-refractivity contribution >= 4 is 63.3 Å². The van der Waals surface area contributed by atoms with Crippen LogP contribution in [-0.2, 0) is 20.9 Å². The van der Waals surface area contributed by atoms with Gasteiger partial charge in [0.1, 0.15) is 17.3 Å². The number of ether oxygens (including phenoxy) is 2. The van der Waals surface area contributed by atoms with E-state index in [-0.39, 0.29) is 18.4 Å². The molecule has 0 atom stereocenters. The van der Waals surface area contributed by atoms with Crippen LogP contribution in [0.3, 0.4) is 0 Å². The highest BCUT2D eigenvalue weighted by atomic mass is 32.2. The summed E-state index contributed by atoms with van der Waals surface area (Å²) in [7, 11) is 7.31. The Balaban J connectivity index is 1.51. The number of hydrogen-bond donors (Lipinski definition) is 2. The minimum Gasteiger partial charge on any atom is -0.491 e. The van der Waals surface area contributed by atoms with Crippen molar-refractivity contribution < 1.29 is 19.1 Å². The SMILES string of the molecule is CCNc1ccc(NC(=O)CN(C)C)cc1N=C1SC(=C2Sc3ccc(OCCOC)cc3N2C)C(=O)N1Cc1ccccc1. The number of carbonyl (C=O) groups is 2. The molecule has 10 nitrogen and oxygen atoms in total. The molecule has 5 rings (SSSR count). The summed E-state index contributed by atoms with van der Waals surface area (Å²) in [5.74, 6) is 0.518. The van der Waals surface area contributed by atoms with Crippen LogP contribution in [-0.4, -0.2) is 81.3 Å². The highest BCUT2D eigenvalue weighted by Crippen LogP contribution is 2.51. The molecule has 3 aromatic rings. The van der Waals surface area contributed by atoms with Gasteiger partial charge >= 0.3 is 0 Å². The molecule has 0 aliphatic carbocycles. The summed E-state index contributed by atoms with van der Waals surface area (Å²) in [6, 6.07) is 21.4. The summed E-state index contributed by atoms with van der Waals surface area (Å²) in [5.41, 5.74) is 4.05. The Morgan fingerprint density at radius 3 is 2.56 bits per heavy atom. The highest BCUT2D eigenvalue weighted by Gasteiger charge is 2.39. The van der Waals surface area contributed by atoms with E-state index in [4.69, 9.17) is 14.5 Å². The second-order valence-corrected chi connectivity index (χ2v) is 12.7. The van der Waals surface area contributed by atoms with Gasteiger partial charge in [-0.2, -0.15) is 0 Å². The molecule has 2 aliphatic rings. The third kappa shape index (κ3) is 7.82. The van der Waals surface area contributed by atoms with E-state index in [1.165, 1.54) is 11.8 Å². The Morgan fingerprint density at radius 1 is 1.02 bits per heavy atom. The second kappa shape index (κ2) is 14.9. The lowest BCUT2D eigenvalue weighted by Crippen LogP contribution is -2.29. The minimum absolute atomic E-state index is 0.109. The van der Waals surface area contributed by atoms with Gasteiger partial charge in [0, 0.05) is 37.4 Å². The van der Waals surface area contributed by atoms with Crippen molar-refractivity contribution in [2.24, 2.45) is 4.99 Å². The Kier molecular flexibility index (Phi) is 10.7. The van der Waals surface area contributed by atoms with Gasteiger partial charge in [-0.05, 0) is 68.7 Å². The van der Waals surface area contributed by atoms with E-state index >= 15 is 0 Å². The average molecular weight is 647 g/mol. The summed E-state index contributed by atoms with van der Waals surface area (Å²) < 4.78 is 11.0. The zero-order valence-corrected chi connectivity index (χ0v) is 27.8. The number of rotatable bonds is 12. The lowest BCUT2D eigenvalue weighted by molar-refractivity contribution is -0.122. The van der Waals surface area contributed by atoms with E-state index in [0.29, 0.717) is 47.8 Å². The smallest absolute Gasteiger partial charge is 0.269 e. The van der Waals surface area contributed by atoms with Crippen molar-refractivity contribution in [2.45, 2.75) is 18.4 Å². The molecule has 236 valence electrons. The number of nitrogens with one attached hydrogen (secondary N) is 2. The fraction of sp³-hybridized carbons (Fsp3) is 0.303. The largest absolute Gasteiger partial charge is 0.491 e. The number of likely N-dealkylation sites (N-methyl/N-ethyl adjacent to an activating group) is 1. The quantitative estimate of drug-likeness (QED) is 0.186. The van der Waals surface area contributed by atoms with Crippen molar-refractivity contribution in [2.75, 3.05) is 70.1 Å². The number of thioether (sulfide) groups is 2. The number of fused-ring (bicyclic) bond motifs is 1. The first-order valence-corrected chi connectivity index (χ1v) is 16.3. The Morgan fingerprint density at radius 2 is 1.82 bits per heavy atom. The first-order valence-electron chi connectivity index (χ1n) is 14.6. The summed E-state index contributed by atoms with van der Waals surface area (Å²) in [4.78, 5) is 39.0. The van der Waals surface area contributed by atoms with Crippen LogP contribution in [0.25, 0.3) is 0 Å². The molecule has 45 heavy (non-hydrogen) atoms. The molecule has 1 fully saturated rings. The lowest BCUT2D eigenvalue weighted by Gasteiger charge is -2.18. The summed E-state index contributed by atoms with van der Waals surface area (Å²) >= 11 is 2.93. The van der Waals surface area contributed by atoms with Gasteiger partial charge in [-0.25, -0.2) is 4.99 Å². The molecule has 0 saturated carbocycles. The molecule has 0 radical (unpaired) electrons.